The highest BCUT2D eigenvalue weighted by Gasteiger charge is 2.44. The van der Waals surface area contributed by atoms with Crippen LogP contribution < -0.4 is 16.0 Å². The molecule has 47 heavy (non-hydrogen) atoms. The standard InChI is InChI=1S/C36H48N8O3/c1-36(2,3)34(47)40-27-21-28(31(46)30(27)45)44-23-39-29-32(41-35(42-33(29)44)37-17-20-43-18-11-6-12-19-43)38-22-26(24-13-7-4-8-14-24)25-15-9-5-10-16-25/h4-5,7-10,13-16,23,26-28,30-31,45-46H,6,11-12,17-22H2,1-3H3,(H,40,47)(H2,37,38,41,42)/t27-,28+,30+,31-/m0/s1. The molecule has 250 valence electrons. The molecule has 2 aromatic heterocycles. The summed E-state index contributed by atoms with van der Waals surface area (Å²) in [6, 6.07) is 19.7. The molecule has 4 aromatic rings. The maximum absolute atomic E-state index is 12.8. The van der Waals surface area contributed by atoms with Crippen molar-refractivity contribution in [3.05, 3.63) is 78.1 Å². The molecule has 1 saturated heterocycles. The number of carbonyl (C=O) groups excluding carboxylic acids is 1. The molecule has 11 nitrogen and oxygen atoms in total. The summed E-state index contributed by atoms with van der Waals surface area (Å²) in [6.07, 6.45) is 3.51. The minimum Gasteiger partial charge on any atom is -0.388 e. The number of imidazole rings is 1. The van der Waals surface area contributed by atoms with Crippen LogP contribution in [0.2, 0.25) is 0 Å². The lowest BCUT2D eigenvalue weighted by molar-refractivity contribution is -0.130. The summed E-state index contributed by atoms with van der Waals surface area (Å²) in [5.74, 6) is 0.960. The number of amides is 1. The van der Waals surface area contributed by atoms with Crippen molar-refractivity contribution in [1.29, 1.82) is 0 Å². The highest BCUT2D eigenvalue weighted by molar-refractivity contribution is 5.84. The van der Waals surface area contributed by atoms with Crippen molar-refractivity contribution in [3.63, 3.8) is 0 Å². The van der Waals surface area contributed by atoms with Crippen LogP contribution in [-0.4, -0.2) is 91.5 Å². The molecule has 4 atom stereocenters. The number of benzene rings is 2. The van der Waals surface area contributed by atoms with Crippen LogP contribution in [0.4, 0.5) is 11.8 Å². The van der Waals surface area contributed by atoms with Gasteiger partial charge in [0.05, 0.1) is 18.4 Å². The van der Waals surface area contributed by atoms with Crippen LogP contribution in [0, 0.1) is 5.41 Å². The number of likely N-dealkylation sites (tertiary alicyclic amines) is 1. The van der Waals surface area contributed by atoms with Gasteiger partial charge >= 0.3 is 0 Å². The average Bonchev–Trinajstić information content (AvgIpc) is 3.62. The van der Waals surface area contributed by atoms with E-state index in [0.29, 0.717) is 42.4 Å². The molecule has 0 unspecified atom stereocenters. The quantitative estimate of drug-likeness (QED) is 0.163. The van der Waals surface area contributed by atoms with Crippen LogP contribution >= 0.6 is 0 Å². The van der Waals surface area contributed by atoms with Gasteiger partial charge in [-0.15, -0.1) is 0 Å². The molecule has 0 bridgehead atoms. The lowest BCUT2D eigenvalue weighted by Crippen LogP contribution is -2.47. The Kier molecular flexibility index (Phi) is 10.0. The summed E-state index contributed by atoms with van der Waals surface area (Å²) in [5.41, 5.74) is 2.89. The smallest absolute Gasteiger partial charge is 0.226 e. The zero-order valence-electron chi connectivity index (χ0n) is 27.6. The Morgan fingerprint density at radius 2 is 1.57 bits per heavy atom. The van der Waals surface area contributed by atoms with Crippen LogP contribution in [0.3, 0.4) is 0 Å². The largest absolute Gasteiger partial charge is 0.388 e. The number of aromatic nitrogens is 4. The number of fused-ring (bicyclic) bond motifs is 1. The van der Waals surface area contributed by atoms with Crippen molar-refractivity contribution in [2.45, 2.75) is 76.7 Å². The Balaban J connectivity index is 1.29. The van der Waals surface area contributed by atoms with Gasteiger partial charge in [0.15, 0.2) is 17.0 Å². The van der Waals surface area contributed by atoms with Crippen molar-refractivity contribution in [3.8, 4) is 0 Å². The summed E-state index contributed by atoms with van der Waals surface area (Å²) in [5, 5.41) is 32.1. The molecule has 5 N–H and O–H groups in total. The van der Waals surface area contributed by atoms with Crippen molar-refractivity contribution >= 4 is 28.8 Å². The van der Waals surface area contributed by atoms with Crippen molar-refractivity contribution in [1.82, 2.24) is 29.7 Å². The summed E-state index contributed by atoms with van der Waals surface area (Å²) in [6.45, 7) is 9.86. The van der Waals surface area contributed by atoms with Crippen molar-refractivity contribution < 1.29 is 15.0 Å². The molecule has 0 radical (unpaired) electrons. The lowest BCUT2D eigenvalue weighted by Gasteiger charge is -2.26. The highest BCUT2D eigenvalue weighted by atomic mass is 16.3. The lowest BCUT2D eigenvalue weighted by atomic mass is 9.91. The topological polar surface area (TPSA) is 140 Å². The normalized spacial score (nSPS) is 22.1. The van der Waals surface area contributed by atoms with E-state index < -0.39 is 29.7 Å². The van der Waals surface area contributed by atoms with Crippen molar-refractivity contribution in [2.75, 3.05) is 43.4 Å². The number of rotatable bonds is 11. The Morgan fingerprint density at radius 1 is 0.915 bits per heavy atom. The summed E-state index contributed by atoms with van der Waals surface area (Å²) in [7, 11) is 0. The maximum Gasteiger partial charge on any atom is 0.226 e. The van der Waals surface area contributed by atoms with Crippen LogP contribution in [0.5, 0.6) is 0 Å². The van der Waals surface area contributed by atoms with E-state index in [2.05, 4.69) is 69.4 Å². The van der Waals surface area contributed by atoms with Crippen LogP contribution in [0.15, 0.2) is 67.0 Å². The average molecular weight is 641 g/mol. The number of piperidine rings is 1. The minimum absolute atomic E-state index is 0.0685. The summed E-state index contributed by atoms with van der Waals surface area (Å²) >= 11 is 0. The van der Waals surface area contributed by atoms with Gasteiger partial charge in [0.1, 0.15) is 12.2 Å². The fourth-order valence-corrected chi connectivity index (χ4v) is 6.68. The predicted molar refractivity (Wildman–Crippen MR) is 184 cm³/mol. The maximum atomic E-state index is 12.8. The number of nitrogens with zero attached hydrogens (tertiary/aromatic N) is 5. The van der Waals surface area contributed by atoms with E-state index in [-0.39, 0.29) is 11.8 Å². The summed E-state index contributed by atoms with van der Waals surface area (Å²) in [4.78, 5) is 29.7. The number of aliphatic hydroxyl groups is 2. The van der Waals surface area contributed by atoms with Crippen LogP contribution in [0.1, 0.15) is 69.5 Å². The van der Waals surface area contributed by atoms with E-state index in [1.54, 1.807) is 6.33 Å². The molecule has 1 aliphatic carbocycles. The van der Waals surface area contributed by atoms with Gasteiger partial charge in [-0.2, -0.15) is 9.97 Å². The Hall–Kier alpha value is -4.06. The highest BCUT2D eigenvalue weighted by Crippen LogP contribution is 2.35. The van der Waals surface area contributed by atoms with Gasteiger partial charge in [0, 0.05) is 31.0 Å². The van der Waals surface area contributed by atoms with Gasteiger partial charge in [-0.1, -0.05) is 87.9 Å². The zero-order valence-corrected chi connectivity index (χ0v) is 27.6. The third kappa shape index (κ3) is 7.58. The second-order valence-electron chi connectivity index (χ2n) is 13.9. The third-order valence-electron chi connectivity index (χ3n) is 9.47. The van der Waals surface area contributed by atoms with Crippen LogP contribution in [-0.2, 0) is 4.79 Å². The van der Waals surface area contributed by atoms with Gasteiger partial charge in [-0.05, 0) is 43.5 Å². The molecule has 1 saturated carbocycles. The first-order valence-corrected chi connectivity index (χ1v) is 16.9. The van der Waals surface area contributed by atoms with Gasteiger partial charge < -0.3 is 35.6 Å². The second-order valence-corrected chi connectivity index (χ2v) is 13.9. The predicted octanol–water partition coefficient (Wildman–Crippen LogP) is 4.17. The SMILES string of the molecule is CC(C)(C)C(=O)N[C@H]1C[C@@H](n2cnc3c(NCC(c4ccccc4)c4ccccc4)nc(NCCN4CCCCC4)nc32)[C@H](O)[C@@H]1O. The van der Waals surface area contributed by atoms with Gasteiger partial charge in [-0.25, -0.2) is 4.98 Å². The van der Waals surface area contributed by atoms with E-state index >= 15 is 0 Å². The molecular formula is C36H48N8O3. The number of aliphatic hydroxyl groups excluding tert-OH is 2. The van der Waals surface area contributed by atoms with E-state index in [4.69, 9.17) is 15.0 Å². The summed E-state index contributed by atoms with van der Waals surface area (Å²) < 4.78 is 1.82. The Bertz CT molecular complexity index is 1580. The molecule has 2 fully saturated rings. The number of carbonyl (C=O) groups is 1. The Labute approximate surface area is 276 Å². The number of anilines is 2. The first kappa shape index (κ1) is 32.9. The first-order valence-electron chi connectivity index (χ1n) is 16.9. The monoisotopic (exact) mass is 640 g/mol. The molecule has 11 heteroatoms. The van der Waals surface area contributed by atoms with E-state index in [1.807, 2.05) is 37.5 Å². The Morgan fingerprint density at radius 3 is 2.21 bits per heavy atom. The molecule has 3 heterocycles. The van der Waals surface area contributed by atoms with E-state index in [1.165, 1.54) is 30.4 Å². The van der Waals surface area contributed by atoms with E-state index in [0.717, 1.165) is 19.6 Å². The van der Waals surface area contributed by atoms with Gasteiger partial charge in [-0.3, -0.25) is 4.79 Å². The molecule has 6 rings (SSSR count). The van der Waals surface area contributed by atoms with Crippen LogP contribution in [0.25, 0.3) is 11.2 Å². The number of hydrogen-bond acceptors (Lipinski definition) is 9. The molecule has 2 aliphatic rings. The molecular weight excluding hydrogens is 592 g/mol. The second kappa shape index (κ2) is 14.4. The first-order chi connectivity index (χ1) is 22.7. The molecule has 0 spiro atoms. The molecule has 1 amide bonds. The fraction of sp³-hybridized carbons (Fsp3) is 0.500. The molecule has 2 aromatic carbocycles. The van der Waals surface area contributed by atoms with Crippen molar-refractivity contribution in [2.24, 2.45) is 5.41 Å². The fourth-order valence-electron chi connectivity index (χ4n) is 6.68. The van der Waals surface area contributed by atoms with Gasteiger partial charge in [0.25, 0.3) is 0 Å². The zero-order chi connectivity index (χ0) is 33.0. The number of nitrogens with one attached hydrogen (secondary N) is 3. The van der Waals surface area contributed by atoms with Gasteiger partial charge in [0.2, 0.25) is 11.9 Å². The third-order valence-corrected chi connectivity index (χ3v) is 9.47. The number of hydrogen-bond donors (Lipinski definition) is 5. The van der Waals surface area contributed by atoms with E-state index in [9.17, 15) is 15.0 Å². The molecule has 1 aliphatic heterocycles. The minimum atomic E-state index is -1.12.